The van der Waals surface area contributed by atoms with Crippen molar-refractivity contribution in [2.45, 2.75) is 13.5 Å². The van der Waals surface area contributed by atoms with Crippen LogP contribution in [0.25, 0.3) is 10.2 Å². The monoisotopic (exact) mass is 342 g/mol. The Morgan fingerprint density at radius 3 is 2.38 bits per heavy atom. The molecule has 0 atom stereocenters. The van der Waals surface area contributed by atoms with E-state index < -0.39 is 0 Å². The van der Waals surface area contributed by atoms with Crippen LogP contribution in [0.4, 0.5) is 0 Å². The molecule has 124 valence electrons. The van der Waals surface area contributed by atoms with Crippen molar-refractivity contribution >= 4 is 27.5 Å². The number of hydrogen-bond acceptors (Lipinski definition) is 4. The van der Waals surface area contributed by atoms with Crippen molar-refractivity contribution in [2.75, 3.05) is 14.2 Å². The average molecular weight is 342 g/mol. The van der Waals surface area contributed by atoms with Crippen molar-refractivity contribution in [3.63, 3.8) is 0 Å². The number of hydrogen-bond donors (Lipinski definition) is 0. The van der Waals surface area contributed by atoms with E-state index in [1.807, 2.05) is 41.8 Å². The second kappa shape index (κ2) is 6.88. The maximum atomic E-state index is 12.4. The van der Waals surface area contributed by atoms with E-state index in [0.29, 0.717) is 16.9 Å². The van der Waals surface area contributed by atoms with Gasteiger partial charge in [0.1, 0.15) is 21.7 Å². The molecular formula is C18H18N2O3S. The van der Waals surface area contributed by atoms with Crippen molar-refractivity contribution in [3.8, 4) is 11.5 Å². The number of aromatic nitrogens is 1. The molecule has 0 unspecified atom stereocenters. The van der Waals surface area contributed by atoms with E-state index >= 15 is 0 Å². The Kier molecular flexibility index (Phi) is 4.66. The number of ether oxygens (including phenoxy) is 2. The first-order valence-electron chi connectivity index (χ1n) is 7.58. The maximum Gasteiger partial charge on any atom is 0.279 e. The van der Waals surface area contributed by atoms with E-state index in [2.05, 4.69) is 4.99 Å². The SMILES string of the molecule is CCn1c(=NC(=O)c2ccccc2)sc2c(OC)ccc(OC)c21. The van der Waals surface area contributed by atoms with Gasteiger partial charge in [0.2, 0.25) is 0 Å². The normalized spacial score (nSPS) is 11.7. The molecule has 0 aliphatic heterocycles. The van der Waals surface area contributed by atoms with Gasteiger partial charge in [0.05, 0.1) is 14.2 Å². The smallest absolute Gasteiger partial charge is 0.279 e. The quantitative estimate of drug-likeness (QED) is 0.729. The minimum absolute atomic E-state index is 0.262. The van der Waals surface area contributed by atoms with E-state index in [-0.39, 0.29) is 5.91 Å². The van der Waals surface area contributed by atoms with Gasteiger partial charge in [0, 0.05) is 12.1 Å². The summed E-state index contributed by atoms with van der Waals surface area (Å²) in [5, 5.41) is 0. The van der Waals surface area contributed by atoms with Gasteiger partial charge in [-0.1, -0.05) is 29.5 Å². The van der Waals surface area contributed by atoms with Crippen molar-refractivity contribution in [2.24, 2.45) is 4.99 Å². The van der Waals surface area contributed by atoms with Crippen LogP contribution < -0.4 is 14.3 Å². The predicted octanol–water partition coefficient (Wildman–Crippen LogP) is 3.48. The van der Waals surface area contributed by atoms with Gasteiger partial charge in [-0.25, -0.2) is 0 Å². The molecule has 6 heteroatoms. The summed E-state index contributed by atoms with van der Waals surface area (Å²) in [7, 11) is 3.26. The van der Waals surface area contributed by atoms with Gasteiger partial charge in [-0.2, -0.15) is 4.99 Å². The number of carbonyl (C=O) groups excluding carboxylic acids is 1. The molecule has 2 aromatic carbocycles. The lowest BCUT2D eigenvalue weighted by molar-refractivity contribution is 0.0998. The third-order valence-corrected chi connectivity index (χ3v) is 4.82. The molecule has 0 bridgehead atoms. The molecular weight excluding hydrogens is 324 g/mol. The number of benzene rings is 2. The van der Waals surface area contributed by atoms with Crippen molar-refractivity contribution in [1.29, 1.82) is 0 Å². The van der Waals surface area contributed by atoms with Crippen LogP contribution in [0.15, 0.2) is 47.5 Å². The summed E-state index contributed by atoms with van der Waals surface area (Å²) in [4.78, 5) is 17.4. The highest BCUT2D eigenvalue weighted by Crippen LogP contribution is 2.35. The molecule has 0 saturated heterocycles. The Morgan fingerprint density at radius 1 is 1.08 bits per heavy atom. The second-order valence-electron chi connectivity index (χ2n) is 5.06. The molecule has 24 heavy (non-hydrogen) atoms. The molecule has 5 nitrogen and oxygen atoms in total. The fourth-order valence-corrected chi connectivity index (χ4v) is 3.77. The summed E-state index contributed by atoms with van der Waals surface area (Å²) in [6.45, 7) is 2.68. The Hall–Kier alpha value is -2.60. The summed E-state index contributed by atoms with van der Waals surface area (Å²) < 4.78 is 13.8. The third kappa shape index (κ3) is 2.80. The van der Waals surface area contributed by atoms with E-state index in [1.165, 1.54) is 11.3 Å². The lowest BCUT2D eigenvalue weighted by Crippen LogP contribution is -2.16. The fraction of sp³-hybridized carbons (Fsp3) is 0.222. The highest BCUT2D eigenvalue weighted by atomic mass is 32.1. The molecule has 3 aromatic rings. The number of fused-ring (bicyclic) bond motifs is 1. The van der Waals surface area contributed by atoms with E-state index in [0.717, 1.165) is 21.7 Å². The molecule has 1 amide bonds. The highest BCUT2D eigenvalue weighted by Gasteiger charge is 2.15. The van der Waals surface area contributed by atoms with Crippen LogP contribution in [0.1, 0.15) is 17.3 Å². The van der Waals surface area contributed by atoms with Crippen LogP contribution in [-0.4, -0.2) is 24.7 Å². The molecule has 3 rings (SSSR count). The van der Waals surface area contributed by atoms with E-state index in [4.69, 9.17) is 9.47 Å². The Balaban J connectivity index is 2.25. The zero-order valence-electron chi connectivity index (χ0n) is 13.8. The number of carbonyl (C=O) groups is 1. The fourth-order valence-electron chi connectivity index (χ4n) is 2.56. The second-order valence-corrected chi connectivity index (χ2v) is 6.04. The Labute approximate surface area is 143 Å². The van der Waals surface area contributed by atoms with Crippen LogP contribution >= 0.6 is 11.3 Å². The third-order valence-electron chi connectivity index (χ3n) is 3.73. The molecule has 1 heterocycles. The van der Waals surface area contributed by atoms with Gasteiger partial charge >= 0.3 is 0 Å². The molecule has 0 aliphatic carbocycles. The lowest BCUT2D eigenvalue weighted by atomic mass is 10.2. The largest absolute Gasteiger partial charge is 0.495 e. The van der Waals surface area contributed by atoms with Crippen molar-refractivity contribution in [1.82, 2.24) is 4.57 Å². The maximum absolute atomic E-state index is 12.4. The average Bonchev–Trinajstić information content (AvgIpc) is 2.99. The summed E-state index contributed by atoms with van der Waals surface area (Å²) >= 11 is 1.42. The Bertz CT molecular complexity index is 942. The number of methoxy groups -OCH3 is 2. The number of nitrogens with zero attached hydrogens (tertiary/aromatic N) is 2. The van der Waals surface area contributed by atoms with Crippen molar-refractivity contribution < 1.29 is 14.3 Å². The number of aryl methyl sites for hydroxylation is 1. The van der Waals surface area contributed by atoms with Gasteiger partial charge in [-0.3, -0.25) is 4.79 Å². The van der Waals surface area contributed by atoms with Gasteiger partial charge in [-0.15, -0.1) is 0 Å². The summed E-state index contributed by atoms with van der Waals surface area (Å²) in [5.74, 6) is 1.21. The Morgan fingerprint density at radius 2 is 1.75 bits per heavy atom. The zero-order valence-corrected chi connectivity index (χ0v) is 14.6. The minimum Gasteiger partial charge on any atom is -0.495 e. The summed E-state index contributed by atoms with van der Waals surface area (Å²) in [5.41, 5.74) is 1.46. The summed E-state index contributed by atoms with van der Waals surface area (Å²) in [6, 6.07) is 12.8. The topological polar surface area (TPSA) is 52.8 Å². The van der Waals surface area contributed by atoms with Crippen LogP contribution in [0, 0.1) is 0 Å². The molecule has 0 radical (unpaired) electrons. The molecule has 0 spiro atoms. The lowest BCUT2D eigenvalue weighted by Gasteiger charge is -2.08. The van der Waals surface area contributed by atoms with Crippen LogP contribution in [0.2, 0.25) is 0 Å². The predicted molar refractivity (Wildman–Crippen MR) is 94.9 cm³/mol. The standard InChI is InChI=1S/C18H18N2O3S/c1-4-20-15-13(22-2)10-11-14(23-3)16(15)24-18(20)19-17(21)12-8-6-5-7-9-12/h5-11H,4H2,1-3H3. The highest BCUT2D eigenvalue weighted by molar-refractivity contribution is 7.16. The molecule has 0 fully saturated rings. The number of rotatable bonds is 4. The number of thiazole rings is 1. The van der Waals surface area contributed by atoms with E-state index in [9.17, 15) is 4.79 Å². The molecule has 0 aliphatic rings. The first kappa shape index (κ1) is 16.3. The van der Waals surface area contributed by atoms with Crippen molar-refractivity contribution in [3.05, 3.63) is 52.8 Å². The molecule has 0 saturated carbocycles. The van der Waals surface area contributed by atoms with Gasteiger partial charge in [-0.05, 0) is 31.2 Å². The zero-order chi connectivity index (χ0) is 17.1. The first-order valence-corrected chi connectivity index (χ1v) is 8.39. The molecule has 1 aromatic heterocycles. The molecule has 0 N–H and O–H groups in total. The minimum atomic E-state index is -0.262. The summed E-state index contributed by atoms with van der Waals surface area (Å²) in [6.07, 6.45) is 0. The van der Waals surface area contributed by atoms with Gasteiger partial charge in [0.15, 0.2) is 4.80 Å². The van der Waals surface area contributed by atoms with Gasteiger partial charge in [0.25, 0.3) is 5.91 Å². The van der Waals surface area contributed by atoms with Crippen LogP contribution in [0.5, 0.6) is 11.5 Å². The first-order chi connectivity index (χ1) is 11.7. The van der Waals surface area contributed by atoms with E-state index in [1.54, 1.807) is 26.4 Å². The van der Waals surface area contributed by atoms with Crippen LogP contribution in [-0.2, 0) is 6.54 Å². The number of amides is 1. The van der Waals surface area contributed by atoms with Crippen LogP contribution in [0.3, 0.4) is 0 Å². The van der Waals surface area contributed by atoms with Gasteiger partial charge < -0.3 is 14.0 Å².